The Labute approximate surface area is 105 Å². The summed E-state index contributed by atoms with van der Waals surface area (Å²) in [5, 5.41) is 0. The first-order valence-electron chi connectivity index (χ1n) is 6.82. The van der Waals surface area contributed by atoms with Gasteiger partial charge in [0.1, 0.15) is 0 Å². The second kappa shape index (κ2) is 6.06. The van der Waals surface area contributed by atoms with Crippen LogP contribution in [0.1, 0.15) is 25.3 Å². The monoisotopic (exact) mass is 232 g/mol. The summed E-state index contributed by atoms with van der Waals surface area (Å²) in [6, 6.07) is 9.17. The molecule has 2 nitrogen and oxygen atoms in total. The maximum Gasteiger partial charge on any atom is 0.0367 e. The molecule has 2 rings (SSSR count). The first-order chi connectivity index (χ1) is 8.29. The number of hydrogen-bond donors (Lipinski definition) is 0. The number of likely N-dealkylation sites (N-methyl/N-ethyl adjacent to an activating group) is 1. The van der Waals surface area contributed by atoms with Crippen LogP contribution < -0.4 is 4.90 Å². The van der Waals surface area contributed by atoms with Crippen molar-refractivity contribution in [1.29, 1.82) is 0 Å². The lowest BCUT2D eigenvalue weighted by molar-refractivity contribution is 0.313. The van der Waals surface area contributed by atoms with Gasteiger partial charge in [-0.05, 0) is 37.6 Å². The SMILES string of the molecule is CCCCc1ccc(N2CCN(C)CC2)cc1. The van der Waals surface area contributed by atoms with Crippen LogP contribution in [0.5, 0.6) is 0 Å². The summed E-state index contributed by atoms with van der Waals surface area (Å²) in [5.41, 5.74) is 2.86. The molecule has 1 heterocycles. The van der Waals surface area contributed by atoms with Crippen LogP contribution in [-0.2, 0) is 6.42 Å². The number of rotatable bonds is 4. The predicted molar refractivity (Wildman–Crippen MR) is 74.8 cm³/mol. The van der Waals surface area contributed by atoms with Gasteiger partial charge in [-0.2, -0.15) is 0 Å². The van der Waals surface area contributed by atoms with Gasteiger partial charge in [0.25, 0.3) is 0 Å². The molecule has 0 spiro atoms. The molecule has 17 heavy (non-hydrogen) atoms. The molecule has 0 amide bonds. The summed E-state index contributed by atoms with van der Waals surface area (Å²) in [6.07, 6.45) is 3.80. The minimum atomic E-state index is 1.16. The number of aryl methyl sites for hydroxylation is 1. The summed E-state index contributed by atoms with van der Waals surface area (Å²) in [5.74, 6) is 0. The number of piperazine rings is 1. The lowest BCUT2D eigenvalue weighted by Gasteiger charge is -2.34. The summed E-state index contributed by atoms with van der Waals surface area (Å²) in [7, 11) is 2.20. The van der Waals surface area contributed by atoms with E-state index in [4.69, 9.17) is 0 Å². The van der Waals surface area contributed by atoms with Crippen LogP contribution >= 0.6 is 0 Å². The third-order valence-electron chi connectivity index (χ3n) is 3.62. The Morgan fingerprint density at radius 3 is 2.24 bits per heavy atom. The zero-order valence-corrected chi connectivity index (χ0v) is 11.2. The van der Waals surface area contributed by atoms with Crippen molar-refractivity contribution >= 4 is 5.69 Å². The summed E-state index contributed by atoms with van der Waals surface area (Å²) in [6.45, 7) is 6.92. The molecule has 1 fully saturated rings. The first kappa shape index (κ1) is 12.4. The second-order valence-corrected chi connectivity index (χ2v) is 5.06. The highest BCUT2D eigenvalue weighted by molar-refractivity contribution is 5.48. The Morgan fingerprint density at radius 2 is 1.65 bits per heavy atom. The Hall–Kier alpha value is -1.02. The van der Waals surface area contributed by atoms with Crippen molar-refractivity contribution in [2.75, 3.05) is 38.1 Å². The Bertz CT molecular complexity index is 323. The van der Waals surface area contributed by atoms with Crippen molar-refractivity contribution in [3.8, 4) is 0 Å². The van der Waals surface area contributed by atoms with Gasteiger partial charge in [-0.1, -0.05) is 25.5 Å². The molecule has 2 heteroatoms. The number of hydrogen-bond acceptors (Lipinski definition) is 2. The fourth-order valence-electron chi connectivity index (χ4n) is 2.32. The van der Waals surface area contributed by atoms with Crippen molar-refractivity contribution in [1.82, 2.24) is 4.90 Å². The quantitative estimate of drug-likeness (QED) is 0.787. The van der Waals surface area contributed by atoms with Crippen LogP contribution in [0.2, 0.25) is 0 Å². The third kappa shape index (κ3) is 3.47. The number of anilines is 1. The van der Waals surface area contributed by atoms with E-state index < -0.39 is 0 Å². The van der Waals surface area contributed by atoms with Gasteiger partial charge in [-0.3, -0.25) is 0 Å². The molecule has 0 radical (unpaired) electrons. The van der Waals surface area contributed by atoms with Crippen LogP contribution in [0.25, 0.3) is 0 Å². The molecular weight excluding hydrogens is 208 g/mol. The Kier molecular flexibility index (Phi) is 4.43. The fourth-order valence-corrected chi connectivity index (χ4v) is 2.32. The molecule has 0 atom stereocenters. The second-order valence-electron chi connectivity index (χ2n) is 5.06. The van der Waals surface area contributed by atoms with Gasteiger partial charge in [-0.15, -0.1) is 0 Å². The predicted octanol–water partition coefficient (Wildman–Crippen LogP) is 2.78. The van der Waals surface area contributed by atoms with Crippen LogP contribution in [0.15, 0.2) is 24.3 Å². The number of nitrogens with zero attached hydrogens (tertiary/aromatic N) is 2. The van der Waals surface area contributed by atoms with E-state index in [0.29, 0.717) is 0 Å². The van der Waals surface area contributed by atoms with Crippen LogP contribution in [0, 0.1) is 0 Å². The van der Waals surface area contributed by atoms with Crippen molar-refractivity contribution < 1.29 is 0 Å². The van der Waals surface area contributed by atoms with Gasteiger partial charge >= 0.3 is 0 Å². The van der Waals surface area contributed by atoms with Gasteiger partial charge in [0, 0.05) is 31.9 Å². The highest BCUT2D eigenvalue weighted by atomic mass is 15.2. The fraction of sp³-hybridized carbons (Fsp3) is 0.600. The van der Waals surface area contributed by atoms with Crippen molar-refractivity contribution in [3.05, 3.63) is 29.8 Å². The smallest absolute Gasteiger partial charge is 0.0367 e. The highest BCUT2D eigenvalue weighted by Gasteiger charge is 2.13. The first-order valence-corrected chi connectivity index (χ1v) is 6.82. The largest absolute Gasteiger partial charge is 0.369 e. The molecule has 1 aliphatic rings. The average molecular weight is 232 g/mol. The van der Waals surface area contributed by atoms with E-state index in [1.165, 1.54) is 43.6 Å². The maximum absolute atomic E-state index is 2.49. The minimum absolute atomic E-state index is 1.16. The van der Waals surface area contributed by atoms with Crippen LogP contribution in [0.3, 0.4) is 0 Å². The van der Waals surface area contributed by atoms with E-state index in [-0.39, 0.29) is 0 Å². The van der Waals surface area contributed by atoms with Crippen LogP contribution in [-0.4, -0.2) is 38.1 Å². The van der Waals surface area contributed by atoms with E-state index in [1.807, 2.05) is 0 Å². The summed E-state index contributed by atoms with van der Waals surface area (Å²) >= 11 is 0. The average Bonchev–Trinajstić information content (AvgIpc) is 2.38. The molecule has 1 aromatic carbocycles. The van der Waals surface area contributed by atoms with Crippen molar-refractivity contribution in [3.63, 3.8) is 0 Å². The zero-order chi connectivity index (χ0) is 12.1. The normalized spacial score (nSPS) is 17.4. The molecule has 0 aliphatic carbocycles. The number of unbranched alkanes of at least 4 members (excludes halogenated alkanes) is 1. The topological polar surface area (TPSA) is 6.48 Å². The standard InChI is InChI=1S/C15H24N2/c1-3-4-5-14-6-8-15(9-7-14)17-12-10-16(2)11-13-17/h6-9H,3-5,10-13H2,1-2H3. The van der Waals surface area contributed by atoms with E-state index in [9.17, 15) is 0 Å². The number of benzene rings is 1. The van der Waals surface area contributed by atoms with Gasteiger partial charge in [0.05, 0.1) is 0 Å². The van der Waals surface area contributed by atoms with E-state index in [0.717, 1.165) is 13.1 Å². The molecule has 1 saturated heterocycles. The summed E-state index contributed by atoms with van der Waals surface area (Å²) in [4.78, 5) is 4.88. The van der Waals surface area contributed by atoms with Gasteiger partial charge < -0.3 is 9.80 Å². The van der Waals surface area contributed by atoms with E-state index >= 15 is 0 Å². The van der Waals surface area contributed by atoms with E-state index in [2.05, 4.69) is 48.0 Å². The van der Waals surface area contributed by atoms with Crippen LogP contribution in [0.4, 0.5) is 5.69 Å². The van der Waals surface area contributed by atoms with Gasteiger partial charge in [0.2, 0.25) is 0 Å². The molecule has 0 unspecified atom stereocenters. The molecule has 0 N–H and O–H groups in total. The molecule has 0 bridgehead atoms. The lowest BCUT2D eigenvalue weighted by atomic mass is 10.1. The van der Waals surface area contributed by atoms with Crippen molar-refractivity contribution in [2.45, 2.75) is 26.2 Å². The van der Waals surface area contributed by atoms with Crippen molar-refractivity contribution in [2.24, 2.45) is 0 Å². The van der Waals surface area contributed by atoms with Gasteiger partial charge in [-0.25, -0.2) is 0 Å². The Morgan fingerprint density at radius 1 is 1.00 bits per heavy atom. The minimum Gasteiger partial charge on any atom is -0.369 e. The maximum atomic E-state index is 2.49. The molecular formula is C15H24N2. The molecule has 0 saturated carbocycles. The molecule has 1 aliphatic heterocycles. The lowest BCUT2D eigenvalue weighted by Crippen LogP contribution is -2.44. The summed E-state index contributed by atoms with van der Waals surface area (Å²) < 4.78 is 0. The molecule has 94 valence electrons. The third-order valence-corrected chi connectivity index (χ3v) is 3.62. The zero-order valence-electron chi connectivity index (χ0n) is 11.2. The van der Waals surface area contributed by atoms with E-state index in [1.54, 1.807) is 0 Å². The molecule has 0 aromatic heterocycles. The molecule has 1 aromatic rings. The van der Waals surface area contributed by atoms with Gasteiger partial charge in [0.15, 0.2) is 0 Å². The Balaban J connectivity index is 1.93. The highest BCUT2D eigenvalue weighted by Crippen LogP contribution is 2.17.